The number of unbranched alkanes of at least 4 members (excludes halogenated alkanes) is 2. The Morgan fingerprint density at radius 2 is 1.65 bits per heavy atom. The van der Waals surface area contributed by atoms with Crippen molar-refractivity contribution in [1.82, 2.24) is 0 Å². The van der Waals surface area contributed by atoms with Gasteiger partial charge in [-0.05, 0) is 79.6 Å². The minimum atomic E-state index is -2.77. The van der Waals surface area contributed by atoms with Crippen molar-refractivity contribution in [2.75, 3.05) is 20.8 Å². The van der Waals surface area contributed by atoms with Crippen LogP contribution in [-0.2, 0) is 21.7 Å². The van der Waals surface area contributed by atoms with Gasteiger partial charge in [0.1, 0.15) is 11.3 Å². The van der Waals surface area contributed by atoms with Crippen LogP contribution in [0.2, 0.25) is 12.6 Å². The van der Waals surface area contributed by atoms with Gasteiger partial charge in [0.2, 0.25) is 5.92 Å². The summed E-state index contributed by atoms with van der Waals surface area (Å²) in [5.74, 6) is -2.28. The van der Waals surface area contributed by atoms with E-state index in [9.17, 15) is 13.6 Å². The number of benzene rings is 2. The van der Waals surface area contributed by atoms with Crippen LogP contribution in [0.25, 0.3) is 22.1 Å². The molecule has 8 heteroatoms. The summed E-state index contributed by atoms with van der Waals surface area (Å²) in [7, 11) is 0.803. The average molecular weight is 575 g/mol. The molecule has 3 aromatic rings. The van der Waals surface area contributed by atoms with E-state index >= 15 is 0 Å². The third kappa shape index (κ3) is 8.98. The minimum absolute atomic E-state index is 0.149. The first kappa shape index (κ1) is 32.0. The van der Waals surface area contributed by atoms with Gasteiger partial charge in [0.15, 0.2) is 0 Å². The van der Waals surface area contributed by atoms with E-state index in [1.165, 1.54) is 18.4 Å². The van der Waals surface area contributed by atoms with E-state index in [0.29, 0.717) is 29.4 Å². The average Bonchev–Trinajstić information content (AvgIpc) is 2.95. The highest BCUT2D eigenvalue weighted by molar-refractivity contribution is 6.65. The van der Waals surface area contributed by atoms with E-state index in [2.05, 4.69) is 26.0 Å². The second kappa shape index (κ2) is 14.9. The number of rotatable bonds is 17. The Balaban J connectivity index is 1.61. The normalized spacial score (nSPS) is 12.3. The Kier molecular flexibility index (Phi) is 11.9. The standard InChI is InChI=1S/C32H44F2O5Si/c1-6-8-9-12-24-13-16-28(25(7-2)21-24)29-22-26-14-15-27(23-30(26)39-31(29)35)38-19-10-17-32(33,34)18-11-20-40(5,36-3)37-4/h13-16,21-23H,6-12,17-20H2,1-5H3. The Morgan fingerprint density at radius 1 is 0.900 bits per heavy atom. The molecule has 0 aliphatic rings. The molecule has 0 aliphatic carbocycles. The summed E-state index contributed by atoms with van der Waals surface area (Å²) in [6, 6.07) is 14.0. The van der Waals surface area contributed by atoms with Crippen molar-refractivity contribution >= 4 is 19.5 Å². The smallest absolute Gasteiger partial charge is 0.344 e. The lowest BCUT2D eigenvalue weighted by molar-refractivity contribution is -0.0215. The van der Waals surface area contributed by atoms with Gasteiger partial charge in [-0.15, -0.1) is 0 Å². The van der Waals surface area contributed by atoms with E-state index in [1.54, 1.807) is 26.4 Å². The third-order valence-corrected chi connectivity index (χ3v) is 10.6. The van der Waals surface area contributed by atoms with Crippen LogP contribution in [0.5, 0.6) is 5.75 Å². The Bertz CT molecular complexity index is 1290. The maximum Gasteiger partial charge on any atom is 0.344 e. The highest BCUT2D eigenvalue weighted by atomic mass is 28.4. The summed E-state index contributed by atoms with van der Waals surface area (Å²) in [4.78, 5) is 13.0. The fraction of sp³-hybridized carbons (Fsp3) is 0.531. The van der Waals surface area contributed by atoms with Crippen LogP contribution < -0.4 is 10.4 Å². The van der Waals surface area contributed by atoms with Crippen molar-refractivity contribution in [3.05, 3.63) is 64.0 Å². The molecule has 0 saturated heterocycles. The zero-order valence-corrected chi connectivity index (χ0v) is 25.6. The van der Waals surface area contributed by atoms with Crippen LogP contribution in [0.15, 0.2) is 51.7 Å². The van der Waals surface area contributed by atoms with Gasteiger partial charge in [-0.25, -0.2) is 13.6 Å². The first-order chi connectivity index (χ1) is 19.1. The first-order valence-electron chi connectivity index (χ1n) is 14.4. The lowest BCUT2D eigenvalue weighted by Crippen LogP contribution is -2.36. The number of halogens is 2. The summed E-state index contributed by atoms with van der Waals surface area (Å²) in [5, 5.41) is 0.783. The van der Waals surface area contributed by atoms with Crippen LogP contribution in [0, 0.1) is 0 Å². The minimum Gasteiger partial charge on any atom is -0.493 e. The topological polar surface area (TPSA) is 57.9 Å². The fourth-order valence-electron chi connectivity index (χ4n) is 4.91. The zero-order valence-electron chi connectivity index (χ0n) is 24.6. The molecular formula is C32H44F2O5Si. The summed E-state index contributed by atoms with van der Waals surface area (Å²) in [5.41, 5.74) is 3.87. The molecule has 0 atom stereocenters. The summed E-state index contributed by atoms with van der Waals surface area (Å²) in [6.07, 6.45) is 5.53. The molecule has 0 radical (unpaired) electrons. The second-order valence-corrected chi connectivity index (χ2v) is 14.2. The third-order valence-electron chi connectivity index (χ3n) is 7.61. The molecule has 0 unspecified atom stereocenters. The van der Waals surface area contributed by atoms with Gasteiger partial charge in [0.25, 0.3) is 0 Å². The number of hydrogen-bond donors (Lipinski definition) is 0. The fourth-order valence-corrected chi connectivity index (χ4v) is 6.30. The van der Waals surface area contributed by atoms with Gasteiger partial charge in [0, 0.05) is 38.5 Å². The predicted molar refractivity (Wildman–Crippen MR) is 160 cm³/mol. The van der Waals surface area contributed by atoms with Crippen molar-refractivity contribution in [3.63, 3.8) is 0 Å². The molecule has 0 saturated carbocycles. The van der Waals surface area contributed by atoms with Crippen LogP contribution in [0.1, 0.15) is 69.9 Å². The molecule has 0 amide bonds. The van der Waals surface area contributed by atoms with Crippen LogP contribution >= 0.6 is 0 Å². The molecule has 40 heavy (non-hydrogen) atoms. The van der Waals surface area contributed by atoms with Crippen LogP contribution in [0.4, 0.5) is 8.78 Å². The molecule has 0 aliphatic heterocycles. The quantitative estimate of drug-likeness (QED) is 0.0917. The highest BCUT2D eigenvalue weighted by Gasteiger charge is 2.32. The molecule has 5 nitrogen and oxygen atoms in total. The lowest BCUT2D eigenvalue weighted by atomic mass is 9.94. The molecule has 0 N–H and O–H groups in total. The Labute approximate surface area is 238 Å². The van der Waals surface area contributed by atoms with Crippen molar-refractivity contribution < 1.29 is 26.8 Å². The number of fused-ring (bicyclic) bond motifs is 1. The SMILES string of the molecule is CCCCCc1ccc(-c2cc3ccc(OCCCC(F)(F)CCC[Si](C)(OC)OC)cc3oc2=O)c(CC)c1. The van der Waals surface area contributed by atoms with E-state index in [1.807, 2.05) is 24.7 Å². The molecule has 0 spiro atoms. The zero-order chi connectivity index (χ0) is 29.2. The molecule has 0 fully saturated rings. The van der Waals surface area contributed by atoms with Gasteiger partial charge in [-0.2, -0.15) is 0 Å². The molecule has 3 rings (SSSR count). The monoisotopic (exact) mass is 574 g/mol. The number of hydrogen-bond acceptors (Lipinski definition) is 5. The van der Waals surface area contributed by atoms with Gasteiger partial charge >= 0.3 is 14.2 Å². The number of alkyl halides is 2. The van der Waals surface area contributed by atoms with Crippen molar-refractivity contribution in [2.45, 2.75) is 90.1 Å². The molecule has 220 valence electrons. The lowest BCUT2D eigenvalue weighted by Gasteiger charge is -2.24. The van der Waals surface area contributed by atoms with Crippen LogP contribution in [0.3, 0.4) is 0 Å². The summed E-state index contributed by atoms with van der Waals surface area (Å²) >= 11 is 0. The molecular weight excluding hydrogens is 530 g/mol. The van der Waals surface area contributed by atoms with Crippen LogP contribution in [-0.4, -0.2) is 35.3 Å². The maximum absolute atomic E-state index is 14.3. The van der Waals surface area contributed by atoms with Crippen molar-refractivity contribution in [3.8, 4) is 16.9 Å². The van der Waals surface area contributed by atoms with Crippen molar-refractivity contribution in [1.29, 1.82) is 0 Å². The molecule has 1 heterocycles. The highest BCUT2D eigenvalue weighted by Crippen LogP contribution is 2.30. The number of aryl methyl sites for hydroxylation is 2. The summed E-state index contributed by atoms with van der Waals surface area (Å²) < 4.78 is 50.8. The second-order valence-electron chi connectivity index (χ2n) is 10.7. The molecule has 0 bridgehead atoms. The first-order valence-corrected chi connectivity index (χ1v) is 17.0. The van der Waals surface area contributed by atoms with Gasteiger partial charge in [0.05, 0.1) is 12.2 Å². The number of ether oxygens (including phenoxy) is 1. The molecule has 2 aromatic carbocycles. The van der Waals surface area contributed by atoms with E-state index < -0.39 is 20.1 Å². The Morgan fingerprint density at radius 3 is 2.35 bits per heavy atom. The van der Waals surface area contributed by atoms with Crippen molar-refractivity contribution in [2.24, 2.45) is 0 Å². The van der Waals surface area contributed by atoms with Gasteiger partial charge < -0.3 is 18.0 Å². The predicted octanol–water partition coefficient (Wildman–Crippen LogP) is 8.69. The molecule has 1 aromatic heterocycles. The van der Waals surface area contributed by atoms with E-state index in [-0.39, 0.29) is 25.9 Å². The largest absolute Gasteiger partial charge is 0.493 e. The van der Waals surface area contributed by atoms with Gasteiger partial charge in [-0.1, -0.05) is 44.9 Å². The van der Waals surface area contributed by atoms with E-state index in [0.717, 1.165) is 35.8 Å². The van der Waals surface area contributed by atoms with E-state index in [4.69, 9.17) is 18.0 Å². The Hall–Kier alpha value is -2.55. The van der Waals surface area contributed by atoms with Gasteiger partial charge in [-0.3, -0.25) is 0 Å². The maximum atomic E-state index is 14.3. The summed E-state index contributed by atoms with van der Waals surface area (Å²) in [6.45, 7) is 6.32.